The molecule has 0 aliphatic rings. The summed E-state index contributed by atoms with van der Waals surface area (Å²) in [6.45, 7) is 0.767. The summed E-state index contributed by atoms with van der Waals surface area (Å²) in [5.74, 6) is 0.890. The number of hydrogen-bond donors (Lipinski definition) is 1. The maximum atomic E-state index is 4.20. The van der Waals surface area contributed by atoms with Crippen LogP contribution in [0.5, 0.6) is 0 Å². The minimum absolute atomic E-state index is 0.767. The Labute approximate surface area is 111 Å². The number of pyridine rings is 1. The zero-order valence-corrected chi connectivity index (χ0v) is 11.6. The zero-order valence-electron chi connectivity index (χ0n) is 8.45. The maximum Gasteiger partial charge on any atom is 0.126 e. The van der Waals surface area contributed by atoms with Crippen molar-refractivity contribution in [2.45, 2.75) is 6.54 Å². The highest BCUT2D eigenvalue weighted by Gasteiger charge is 1.99. The quantitative estimate of drug-likeness (QED) is 0.904. The topological polar surface area (TPSA) is 24.9 Å². The van der Waals surface area contributed by atoms with Crippen LogP contribution in [0.4, 0.5) is 5.82 Å². The van der Waals surface area contributed by atoms with Crippen LogP contribution in [0.2, 0.25) is 0 Å². The van der Waals surface area contributed by atoms with Crippen molar-refractivity contribution in [1.82, 2.24) is 4.98 Å². The van der Waals surface area contributed by atoms with Crippen LogP contribution in [-0.4, -0.2) is 4.98 Å². The molecule has 0 aliphatic carbocycles. The number of nitrogens with zero attached hydrogens (tertiary/aromatic N) is 1. The van der Waals surface area contributed by atoms with Crippen LogP contribution >= 0.6 is 31.9 Å². The highest BCUT2D eigenvalue weighted by molar-refractivity contribution is 9.13. The lowest BCUT2D eigenvalue weighted by molar-refractivity contribution is 1.11. The lowest BCUT2D eigenvalue weighted by atomic mass is 10.2. The summed E-state index contributed by atoms with van der Waals surface area (Å²) in [5.41, 5.74) is 1.21. The lowest BCUT2D eigenvalue weighted by Crippen LogP contribution is -2.00. The molecule has 16 heavy (non-hydrogen) atoms. The van der Waals surface area contributed by atoms with Crippen LogP contribution < -0.4 is 5.32 Å². The molecule has 2 rings (SSSR count). The maximum absolute atomic E-state index is 4.20. The largest absolute Gasteiger partial charge is 0.366 e. The van der Waals surface area contributed by atoms with Crippen molar-refractivity contribution in [3.05, 3.63) is 57.1 Å². The van der Waals surface area contributed by atoms with Gasteiger partial charge in [0.15, 0.2) is 0 Å². The fraction of sp³-hybridized carbons (Fsp3) is 0.0833. The molecule has 0 aliphatic heterocycles. The normalized spacial score (nSPS) is 10.1. The Morgan fingerprint density at radius 2 is 1.94 bits per heavy atom. The fourth-order valence-corrected chi connectivity index (χ4v) is 1.98. The Bertz CT molecular complexity index is 472. The number of nitrogens with one attached hydrogen (secondary N) is 1. The third-order valence-electron chi connectivity index (χ3n) is 2.12. The number of hydrogen-bond acceptors (Lipinski definition) is 2. The van der Waals surface area contributed by atoms with Gasteiger partial charge in [0.2, 0.25) is 0 Å². The van der Waals surface area contributed by atoms with Crippen LogP contribution in [0.25, 0.3) is 0 Å². The van der Waals surface area contributed by atoms with E-state index < -0.39 is 0 Å². The van der Waals surface area contributed by atoms with E-state index in [1.807, 2.05) is 24.3 Å². The standard InChI is InChI=1S/C12H10Br2N2/c13-10-5-4-9(7-11(10)14)8-16-12-3-1-2-6-15-12/h1-7H,8H2,(H,15,16). The molecule has 0 radical (unpaired) electrons. The minimum Gasteiger partial charge on any atom is -0.366 e. The van der Waals surface area contributed by atoms with E-state index in [-0.39, 0.29) is 0 Å². The summed E-state index contributed by atoms with van der Waals surface area (Å²) in [7, 11) is 0. The van der Waals surface area contributed by atoms with Gasteiger partial charge in [0.05, 0.1) is 0 Å². The van der Waals surface area contributed by atoms with Crippen LogP contribution in [0.15, 0.2) is 51.5 Å². The highest BCUT2D eigenvalue weighted by Crippen LogP contribution is 2.24. The Kier molecular flexibility index (Phi) is 3.96. The van der Waals surface area contributed by atoms with Crippen molar-refractivity contribution in [2.75, 3.05) is 5.32 Å². The first-order valence-electron chi connectivity index (χ1n) is 4.84. The van der Waals surface area contributed by atoms with Crippen molar-refractivity contribution in [1.29, 1.82) is 0 Å². The van der Waals surface area contributed by atoms with Gasteiger partial charge in [0.25, 0.3) is 0 Å². The molecule has 0 atom stereocenters. The van der Waals surface area contributed by atoms with E-state index in [4.69, 9.17) is 0 Å². The van der Waals surface area contributed by atoms with Crippen molar-refractivity contribution < 1.29 is 0 Å². The molecule has 0 amide bonds. The summed E-state index contributed by atoms with van der Waals surface area (Å²) < 4.78 is 2.13. The van der Waals surface area contributed by atoms with E-state index in [2.05, 4.69) is 54.3 Å². The van der Waals surface area contributed by atoms with Crippen molar-refractivity contribution in [3.63, 3.8) is 0 Å². The molecule has 2 aromatic rings. The Morgan fingerprint density at radius 3 is 2.62 bits per heavy atom. The summed E-state index contributed by atoms with van der Waals surface area (Å²) in [4.78, 5) is 4.20. The molecule has 4 heteroatoms. The van der Waals surface area contributed by atoms with Gasteiger partial charge in [-0.1, -0.05) is 12.1 Å². The van der Waals surface area contributed by atoms with Crippen LogP contribution in [0, 0.1) is 0 Å². The zero-order chi connectivity index (χ0) is 11.4. The van der Waals surface area contributed by atoms with E-state index in [1.54, 1.807) is 6.20 Å². The molecule has 0 fully saturated rings. The Balaban J connectivity index is 2.03. The SMILES string of the molecule is Brc1ccc(CNc2ccccn2)cc1Br. The number of anilines is 1. The first-order chi connectivity index (χ1) is 7.75. The van der Waals surface area contributed by atoms with Gasteiger partial charge in [-0.3, -0.25) is 0 Å². The third kappa shape index (κ3) is 3.06. The van der Waals surface area contributed by atoms with Gasteiger partial charge in [-0.15, -0.1) is 0 Å². The smallest absolute Gasteiger partial charge is 0.126 e. The van der Waals surface area contributed by atoms with Crippen LogP contribution in [-0.2, 0) is 6.54 Å². The van der Waals surface area contributed by atoms with Gasteiger partial charge >= 0.3 is 0 Å². The highest BCUT2D eigenvalue weighted by atomic mass is 79.9. The number of aromatic nitrogens is 1. The molecule has 0 saturated carbocycles. The Morgan fingerprint density at radius 1 is 1.06 bits per heavy atom. The summed E-state index contributed by atoms with van der Waals surface area (Å²) in [6, 6.07) is 12.0. The van der Waals surface area contributed by atoms with Gasteiger partial charge < -0.3 is 5.32 Å². The van der Waals surface area contributed by atoms with Crippen molar-refractivity contribution in [2.24, 2.45) is 0 Å². The summed E-state index contributed by atoms with van der Waals surface area (Å²) in [5, 5.41) is 3.26. The second kappa shape index (κ2) is 5.46. The molecule has 0 saturated heterocycles. The molecule has 0 bridgehead atoms. The van der Waals surface area contributed by atoms with E-state index in [1.165, 1.54) is 5.56 Å². The van der Waals surface area contributed by atoms with E-state index in [9.17, 15) is 0 Å². The number of rotatable bonds is 3. The third-order valence-corrected chi connectivity index (χ3v) is 4.00. The van der Waals surface area contributed by atoms with Gasteiger partial charge in [-0.25, -0.2) is 4.98 Å². The average Bonchev–Trinajstić information content (AvgIpc) is 2.32. The molecule has 2 nitrogen and oxygen atoms in total. The van der Waals surface area contributed by atoms with E-state index >= 15 is 0 Å². The molecule has 1 aromatic heterocycles. The van der Waals surface area contributed by atoms with Gasteiger partial charge in [-0.05, 0) is 61.7 Å². The van der Waals surface area contributed by atoms with Crippen molar-refractivity contribution >= 4 is 37.7 Å². The number of benzene rings is 1. The van der Waals surface area contributed by atoms with Crippen LogP contribution in [0.1, 0.15) is 5.56 Å². The summed E-state index contributed by atoms with van der Waals surface area (Å²) in [6.07, 6.45) is 1.78. The lowest BCUT2D eigenvalue weighted by Gasteiger charge is -2.06. The average molecular weight is 342 g/mol. The Hall–Kier alpha value is -0.870. The van der Waals surface area contributed by atoms with Crippen molar-refractivity contribution in [3.8, 4) is 0 Å². The minimum atomic E-state index is 0.767. The summed E-state index contributed by atoms with van der Waals surface area (Å²) >= 11 is 6.93. The molecule has 1 heterocycles. The predicted molar refractivity (Wildman–Crippen MR) is 73.4 cm³/mol. The van der Waals surface area contributed by atoms with E-state index in [0.717, 1.165) is 21.3 Å². The molecule has 1 aromatic carbocycles. The molecular weight excluding hydrogens is 332 g/mol. The first kappa shape index (κ1) is 11.6. The molecular formula is C12H10Br2N2. The second-order valence-corrected chi connectivity index (χ2v) is 5.03. The van der Waals surface area contributed by atoms with E-state index in [0.29, 0.717) is 0 Å². The predicted octanol–water partition coefficient (Wildman–Crippen LogP) is 4.22. The van der Waals surface area contributed by atoms with Gasteiger partial charge in [0, 0.05) is 21.7 Å². The molecule has 0 spiro atoms. The second-order valence-electron chi connectivity index (χ2n) is 3.32. The molecule has 0 unspecified atom stereocenters. The molecule has 82 valence electrons. The molecule has 1 N–H and O–H groups in total. The van der Waals surface area contributed by atoms with Gasteiger partial charge in [-0.2, -0.15) is 0 Å². The number of halogens is 2. The van der Waals surface area contributed by atoms with Crippen LogP contribution in [0.3, 0.4) is 0 Å². The first-order valence-corrected chi connectivity index (χ1v) is 6.43. The monoisotopic (exact) mass is 340 g/mol. The fourth-order valence-electron chi connectivity index (χ4n) is 1.31. The van der Waals surface area contributed by atoms with Gasteiger partial charge in [0.1, 0.15) is 5.82 Å².